The summed E-state index contributed by atoms with van der Waals surface area (Å²) in [7, 11) is -4.42. The first-order chi connectivity index (χ1) is 35.9. The molecule has 1 aliphatic heterocycles. The van der Waals surface area contributed by atoms with Crippen LogP contribution in [0.25, 0.3) is 19.9 Å². The van der Waals surface area contributed by atoms with Crippen LogP contribution in [0.5, 0.6) is 0 Å². The van der Waals surface area contributed by atoms with E-state index in [4.69, 9.17) is 18.8 Å². The number of ether oxygens (including phenoxy) is 2. The largest absolute Gasteiger partial charge is 3.00 e. The fraction of sp³-hybridized carbons (Fsp3) is 0.458. The van der Waals surface area contributed by atoms with E-state index in [2.05, 4.69) is 124 Å². The second-order valence-electron chi connectivity index (χ2n) is 21.6. The first kappa shape index (κ1) is 76.3. The Balaban J connectivity index is 0. The Hall–Kier alpha value is -3.76. The standard InChI is InChI=1S/2C13H14N3.C13H13N3.2C6H18NSi2.C4H7O.C4H10O.2Fe/c3*1-11-5-4-7-13(16-11)10-14-9-12-6-2-3-8-15-12;2*1-8(2,3)7-9(4,5)6;1-2-4-5-3-1;1-3-5-4-2;;/h2*2-8H,9-10H2,1H3;2-8,10H,9H2,1H3;2*1-6H3;3H,1-2,4H2;3-4H2,1-2H3;;/q2*-1;;3*-1;;+2;+3. The molecule has 7 rings (SSSR count). The fourth-order valence-corrected chi connectivity index (χ4v) is 23.0. The van der Waals surface area contributed by atoms with E-state index in [0.29, 0.717) is 32.7 Å². The average molecular weight is 1210 g/mol. The van der Waals surface area contributed by atoms with E-state index in [-0.39, 0.29) is 34.1 Å². The Morgan fingerprint density at radius 1 is 0.513 bits per heavy atom. The predicted octanol–water partition coefficient (Wildman–Crippen LogP) is 16.2. The predicted molar refractivity (Wildman–Crippen MR) is 334 cm³/mol. The van der Waals surface area contributed by atoms with Crippen LogP contribution in [0.15, 0.2) is 133 Å². The number of aromatic nitrogens is 6. The first-order valence-electron chi connectivity index (χ1n) is 26.6. The van der Waals surface area contributed by atoms with Crippen molar-refractivity contribution in [3.8, 4) is 0 Å². The molecule has 0 N–H and O–H groups in total. The summed E-state index contributed by atoms with van der Waals surface area (Å²) < 4.78 is 19.3. The van der Waals surface area contributed by atoms with E-state index in [0.717, 1.165) is 77.5 Å². The molecular weight excluding hydrogens is 1120 g/mol. The Kier molecular flexibility index (Phi) is 43.0. The third-order valence-corrected chi connectivity index (χ3v) is 19.7. The van der Waals surface area contributed by atoms with Gasteiger partial charge in [0.25, 0.3) is 0 Å². The summed E-state index contributed by atoms with van der Waals surface area (Å²) in [6, 6.07) is 35.4. The molecule has 0 saturated carbocycles. The van der Waals surface area contributed by atoms with Crippen LogP contribution >= 0.6 is 0 Å². The molecule has 1 radical (unpaired) electrons. The van der Waals surface area contributed by atoms with Gasteiger partial charge < -0.3 is 29.4 Å². The van der Waals surface area contributed by atoms with E-state index in [9.17, 15) is 0 Å². The number of hydrogen-bond acceptors (Lipinski definition) is 9. The van der Waals surface area contributed by atoms with Gasteiger partial charge in [-0.05, 0) is 107 Å². The van der Waals surface area contributed by atoms with Crippen molar-refractivity contribution in [2.45, 2.75) is 159 Å². The molecule has 429 valence electrons. The molecule has 78 heavy (non-hydrogen) atoms. The number of nitrogens with zero attached hydrogens (tertiary/aromatic N) is 11. The molecule has 1 aliphatic rings. The van der Waals surface area contributed by atoms with Crippen LogP contribution in [0.3, 0.4) is 0 Å². The van der Waals surface area contributed by atoms with E-state index in [1.807, 2.05) is 150 Å². The monoisotopic (exact) mass is 1210 g/mol. The van der Waals surface area contributed by atoms with Crippen molar-refractivity contribution in [1.29, 1.82) is 0 Å². The van der Waals surface area contributed by atoms with Crippen LogP contribution < -0.4 is 0 Å². The topological polar surface area (TPSA) is 165 Å². The maximum Gasteiger partial charge on any atom is 3.00 e. The molecule has 0 atom stereocenters. The van der Waals surface area contributed by atoms with Gasteiger partial charge in [0.1, 0.15) is 0 Å². The number of aliphatic imine (C=N–C) groups is 1. The smallest absolute Gasteiger partial charge is 0.668 e. The maximum atomic E-state index is 4.83. The molecule has 13 nitrogen and oxygen atoms in total. The minimum Gasteiger partial charge on any atom is -0.668 e. The zero-order valence-electron chi connectivity index (χ0n) is 50.3. The third-order valence-electron chi connectivity index (χ3n) is 9.00. The SMILES string of the molecule is CCOCC.C[Si](C)(C)[N-][Si](C)(C)C.C[Si](C)(C)[N-][Si](C)(C)C.Cc1cccc(C=NCc2ccccn2)n1.Cc1cccc(C[N-]Cc2ccccn2)n1.Cc1cccc(C[N-]Cc2ccccn2)n1.[CH-]1CCCO1.[Fe+2].[Fe+3]. The molecule has 19 heteroatoms. The number of rotatable bonds is 17. The second kappa shape index (κ2) is 44.0. The molecule has 0 bridgehead atoms. The van der Waals surface area contributed by atoms with Gasteiger partial charge in [0.15, 0.2) is 0 Å². The van der Waals surface area contributed by atoms with Crippen molar-refractivity contribution < 1.29 is 43.6 Å². The van der Waals surface area contributed by atoms with Crippen LogP contribution in [-0.4, -0.2) is 88.9 Å². The van der Waals surface area contributed by atoms with Gasteiger partial charge >= 0.3 is 34.1 Å². The van der Waals surface area contributed by atoms with Gasteiger partial charge in [0, 0.05) is 84.5 Å². The summed E-state index contributed by atoms with van der Waals surface area (Å²) in [6.07, 6.45) is 9.50. The summed E-state index contributed by atoms with van der Waals surface area (Å²) in [5.74, 6) is 0. The summed E-state index contributed by atoms with van der Waals surface area (Å²) in [6.45, 7) is 45.2. The normalized spacial score (nSPS) is 11.8. The number of hydrogen-bond donors (Lipinski definition) is 0. The molecule has 1 fully saturated rings. The molecule has 0 amide bonds. The summed E-state index contributed by atoms with van der Waals surface area (Å²) in [5.41, 5.74) is 8.93. The van der Waals surface area contributed by atoms with Crippen LogP contribution in [0.1, 0.15) is 77.9 Å². The van der Waals surface area contributed by atoms with Crippen LogP contribution in [0, 0.1) is 27.4 Å². The second-order valence-corrected chi connectivity index (χ2v) is 40.8. The first-order valence-corrected chi connectivity index (χ1v) is 40.4. The minimum absolute atomic E-state index is 0. The van der Waals surface area contributed by atoms with Crippen molar-refractivity contribution in [1.82, 2.24) is 29.9 Å². The van der Waals surface area contributed by atoms with Gasteiger partial charge in [-0.3, -0.25) is 34.9 Å². The van der Waals surface area contributed by atoms with Gasteiger partial charge in [-0.15, -0.1) is 26.2 Å². The summed E-state index contributed by atoms with van der Waals surface area (Å²) >= 11 is 0. The molecule has 0 aromatic carbocycles. The summed E-state index contributed by atoms with van der Waals surface area (Å²) in [4.78, 5) is 30.0. The Morgan fingerprint density at radius 2 is 0.885 bits per heavy atom. The zero-order chi connectivity index (χ0) is 56.7. The minimum atomic E-state index is -1.11. The van der Waals surface area contributed by atoms with E-state index in [1.165, 1.54) is 6.42 Å². The van der Waals surface area contributed by atoms with Crippen LogP contribution in [0.4, 0.5) is 0 Å². The molecule has 0 spiro atoms. The molecule has 6 aromatic rings. The van der Waals surface area contributed by atoms with Crippen molar-refractivity contribution in [2.24, 2.45) is 4.99 Å². The van der Waals surface area contributed by atoms with Crippen LogP contribution in [0.2, 0.25) is 78.6 Å². The quantitative estimate of drug-likeness (QED) is 0.0495. The Bertz CT molecular complexity index is 2240. The van der Waals surface area contributed by atoms with Crippen LogP contribution in [-0.2, 0) is 76.3 Å². The number of aryl methyl sites for hydroxylation is 3. The fourth-order valence-electron chi connectivity index (χ4n) is 6.92. The summed E-state index contributed by atoms with van der Waals surface area (Å²) in [5, 5.41) is 8.86. The molecule has 0 aliphatic carbocycles. The van der Waals surface area contributed by atoms with E-state index < -0.39 is 32.9 Å². The average Bonchev–Trinajstić information content (AvgIpc) is 3.93. The van der Waals surface area contributed by atoms with Gasteiger partial charge in [-0.25, -0.2) is 6.61 Å². The van der Waals surface area contributed by atoms with E-state index in [1.54, 1.807) is 24.8 Å². The van der Waals surface area contributed by atoms with Gasteiger partial charge in [0.05, 0.1) is 17.9 Å². The number of pyridine rings is 6. The van der Waals surface area contributed by atoms with Gasteiger partial charge in [0.2, 0.25) is 0 Å². The maximum absolute atomic E-state index is 4.83. The molecular formula is C59H94Fe2N11O2Si4. The molecule has 7 heterocycles. The molecule has 1 saturated heterocycles. The van der Waals surface area contributed by atoms with Crippen molar-refractivity contribution >= 4 is 39.2 Å². The molecule has 0 unspecified atom stereocenters. The van der Waals surface area contributed by atoms with Crippen molar-refractivity contribution in [3.05, 3.63) is 206 Å². The van der Waals surface area contributed by atoms with Crippen molar-refractivity contribution in [3.63, 3.8) is 0 Å². The Labute approximate surface area is 498 Å². The molecule has 6 aromatic heterocycles. The van der Waals surface area contributed by atoms with Gasteiger partial charge in [-0.2, -0.15) is 6.42 Å². The Morgan fingerprint density at radius 3 is 1.17 bits per heavy atom. The zero-order valence-corrected chi connectivity index (χ0v) is 56.5. The van der Waals surface area contributed by atoms with Gasteiger partial charge in [-0.1, -0.05) is 154 Å². The third kappa shape index (κ3) is 48.2. The van der Waals surface area contributed by atoms with E-state index >= 15 is 0 Å². The van der Waals surface area contributed by atoms with Crippen molar-refractivity contribution in [2.75, 3.05) is 19.8 Å².